The lowest BCUT2D eigenvalue weighted by Gasteiger charge is -2.11. The summed E-state index contributed by atoms with van der Waals surface area (Å²) >= 11 is 1.52. The molecule has 3 aromatic carbocycles. The Balaban J connectivity index is 1.52. The number of hydrogen-bond donors (Lipinski definition) is 1. The van der Waals surface area contributed by atoms with Gasteiger partial charge in [-0.2, -0.15) is 8.78 Å². The zero-order valence-electron chi connectivity index (χ0n) is 17.2. The number of nitrogens with zero attached hydrogens (tertiary/aromatic N) is 3. The molecule has 0 aliphatic carbocycles. The van der Waals surface area contributed by atoms with E-state index in [1.807, 2.05) is 60.7 Å². The normalized spacial score (nSPS) is 10.9. The van der Waals surface area contributed by atoms with Gasteiger partial charge in [0.25, 0.3) is 5.76 Å². The molecule has 1 amide bonds. The van der Waals surface area contributed by atoms with Crippen molar-refractivity contribution in [1.29, 1.82) is 0 Å². The van der Waals surface area contributed by atoms with Gasteiger partial charge in [-0.25, -0.2) is 4.98 Å². The molecule has 0 aliphatic rings. The molecular weight excluding hydrogens is 462 g/mol. The van der Waals surface area contributed by atoms with Crippen LogP contribution in [0, 0.1) is 0 Å². The summed E-state index contributed by atoms with van der Waals surface area (Å²) in [5.41, 5.74) is 3.43. The molecule has 0 saturated heterocycles. The quantitative estimate of drug-likeness (QED) is 0.301. The van der Waals surface area contributed by atoms with Crippen molar-refractivity contribution in [3.05, 3.63) is 84.9 Å². The zero-order chi connectivity index (χ0) is 23.0. The molecule has 0 spiro atoms. The first-order valence-corrected chi connectivity index (χ1v) is 11.8. The first-order valence-electron chi connectivity index (χ1n) is 9.92. The number of thioether (sulfide) groups is 2. The van der Waals surface area contributed by atoms with E-state index in [0.717, 1.165) is 22.9 Å². The Hall–Kier alpha value is -3.30. The van der Waals surface area contributed by atoms with E-state index < -0.39 is 5.76 Å². The Morgan fingerprint density at radius 2 is 1.42 bits per heavy atom. The van der Waals surface area contributed by atoms with Gasteiger partial charge in [0.1, 0.15) is 11.4 Å². The largest absolute Gasteiger partial charge is 0.324 e. The topological polar surface area (TPSA) is 67.8 Å². The number of benzene rings is 3. The third-order valence-electron chi connectivity index (χ3n) is 4.47. The number of hydrogen-bond acceptors (Lipinski definition) is 6. The fourth-order valence-corrected chi connectivity index (χ4v) is 4.23. The number of carbonyl (C=O) groups excluding carboxylic acids is 1. The highest BCUT2D eigenvalue weighted by atomic mass is 32.2. The summed E-state index contributed by atoms with van der Waals surface area (Å²) < 4.78 is 25.5. The van der Waals surface area contributed by atoms with E-state index in [4.69, 9.17) is 0 Å². The standard InChI is InChI=1S/C24H18F2N4OS2/c25-23(26)33-19-14-8-7-13-18(19)27-20(31)15-32-24-28-21(16-9-3-1-4-10-16)22(29-30-24)17-11-5-2-6-12-17/h1-14,23H,15H2,(H,27,31). The Morgan fingerprint density at radius 3 is 2.09 bits per heavy atom. The van der Waals surface area contributed by atoms with Crippen LogP contribution < -0.4 is 5.32 Å². The maximum absolute atomic E-state index is 12.8. The van der Waals surface area contributed by atoms with Crippen LogP contribution in [0.5, 0.6) is 0 Å². The molecule has 0 atom stereocenters. The lowest BCUT2D eigenvalue weighted by atomic mass is 10.0. The molecule has 0 unspecified atom stereocenters. The van der Waals surface area contributed by atoms with Crippen LogP contribution in [0.3, 0.4) is 0 Å². The molecule has 0 radical (unpaired) electrons. The van der Waals surface area contributed by atoms with Gasteiger partial charge in [0, 0.05) is 16.0 Å². The predicted molar refractivity (Wildman–Crippen MR) is 128 cm³/mol. The second-order valence-corrected chi connectivity index (χ2v) is 8.71. The molecule has 1 N–H and O–H groups in total. The van der Waals surface area contributed by atoms with Crippen molar-refractivity contribution in [2.24, 2.45) is 0 Å². The summed E-state index contributed by atoms with van der Waals surface area (Å²) in [6.45, 7) is 0. The smallest absolute Gasteiger partial charge is 0.288 e. The van der Waals surface area contributed by atoms with Gasteiger partial charge in [0.2, 0.25) is 11.1 Å². The molecule has 4 aromatic rings. The van der Waals surface area contributed by atoms with Crippen LogP contribution in [0.2, 0.25) is 0 Å². The first kappa shape index (κ1) is 22.9. The second kappa shape index (κ2) is 11.0. The van der Waals surface area contributed by atoms with Crippen molar-refractivity contribution in [2.75, 3.05) is 11.1 Å². The fourth-order valence-electron chi connectivity index (χ4n) is 3.05. The molecule has 0 saturated carbocycles. The monoisotopic (exact) mass is 480 g/mol. The number of anilines is 1. The van der Waals surface area contributed by atoms with Crippen molar-refractivity contribution in [2.45, 2.75) is 15.8 Å². The van der Waals surface area contributed by atoms with Crippen LogP contribution in [0.1, 0.15) is 0 Å². The SMILES string of the molecule is O=C(CSc1nnc(-c2ccccc2)c(-c2ccccc2)n1)Nc1ccccc1SC(F)F. The summed E-state index contributed by atoms with van der Waals surface area (Å²) in [5.74, 6) is -2.91. The molecule has 0 aliphatic heterocycles. The van der Waals surface area contributed by atoms with E-state index in [2.05, 4.69) is 20.5 Å². The van der Waals surface area contributed by atoms with E-state index in [1.54, 1.807) is 24.3 Å². The summed E-state index contributed by atoms with van der Waals surface area (Å²) in [5, 5.41) is 11.6. The number of nitrogens with one attached hydrogen (secondary N) is 1. The summed E-state index contributed by atoms with van der Waals surface area (Å²) in [6, 6.07) is 25.7. The average Bonchev–Trinajstić information content (AvgIpc) is 2.84. The molecular formula is C24H18F2N4OS2. The Bertz CT molecular complexity index is 1230. The summed E-state index contributed by atoms with van der Waals surface area (Å²) in [7, 11) is 0. The molecule has 1 heterocycles. The van der Waals surface area contributed by atoms with Gasteiger partial charge < -0.3 is 5.32 Å². The predicted octanol–water partition coefficient (Wildman–Crippen LogP) is 6.25. The average molecular weight is 481 g/mol. The number of alkyl halides is 2. The van der Waals surface area contributed by atoms with Crippen LogP contribution in [-0.4, -0.2) is 32.6 Å². The molecule has 33 heavy (non-hydrogen) atoms. The van der Waals surface area contributed by atoms with E-state index in [1.165, 1.54) is 0 Å². The van der Waals surface area contributed by atoms with Crippen molar-refractivity contribution >= 4 is 35.1 Å². The molecule has 166 valence electrons. The van der Waals surface area contributed by atoms with Gasteiger partial charge in [-0.15, -0.1) is 10.2 Å². The number of rotatable bonds is 8. The number of aromatic nitrogens is 3. The van der Waals surface area contributed by atoms with Gasteiger partial charge in [0.15, 0.2) is 0 Å². The van der Waals surface area contributed by atoms with Crippen LogP contribution in [0.25, 0.3) is 22.5 Å². The van der Waals surface area contributed by atoms with Crippen molar-refractivity contribution in [1.82, 2.24) is 15.2 Å². The van der Waals surface area contributed by atoms with Gasteiger partial charge in [-0.3, -0.25) is 4.79 Å². The lowest BCUT2D eigenvalue weighted by Crippen LogP contribution is -2.15. The maximum atomic E-state index is 12.8. The fraction of sp³-hybridized carbons (Fsp3) is 0.0833. The van der Waals surface area contributed by atoms with E-state index >= 15 is 0 Å². The molecule has 0 bridgehead atoms. The highest BCUT2D eigenvalue weighted by molar-refractivity contribution is 8.00. The third kappa shape index (κ3) is 6.15. The molecule has 0 fully saturated rings. The maximum Gasteiger partial charge on any atom is 0.288 e. The van der Waals surface area contributed by atoms with Gasteiger partial charge in [-0.05, 0) is 12.1 Å². The minimum atomic E-state index is -2.57. The minimum absolute atomic E-state index is 0.00821. The zero-order valence-corrected chi connectivity index (χ0v) is 18.8. The van der Waals surface area contributed by atoms with Crippen molar-refractivity contribution < 1.29 is 13.6 Å². The summed E-state index contributed by atoms with van der Waals surface area (Å²) in [6.07, 6.45) is 0. The van der Waals surface area contributed by atoms with Crippen LogP contribution in [-0.2, 0) is 4.79 Å². The highest BCUT2D eigenvalue weighted by Crippen LogP contribution is 2.32. The van der Waals surface area contributed by atoms with Crippen LogP contribution in [0.4, 0.5) is 14.5 Å². The van der Waals surface area contributed by atoms with E-state index in [-0.39, 0.29) is 11.7 Å². The van der Waals surface area contributed by atoms with Gasteiger partial charge in [0.05, 0.1) is 11.4 Å². The molecule has 9 heteroatoms. The lowest BCUT2D eigenvalue weighted by molar-refractivity contribution is -0.113. The van der Waals surface area contributed by atoms with Gasteiger partial charge in [-0.1, -0.05) is 96.3 Å². The number of carbonyl (C=O) groups is 1. The number of halogens is 2. The van der Waals surface area contributed by atoms with Crippen molar-refractivity contribution in [3.8, 4) is 22.5 Å². The molecule has 4 rings (SSSR count). The number of para-hydroxylation sites is 1. The minimum Gasteiger partial charge on any atom is -0.324 e. The van der Waals surface area contributed by atoms with Crippen LogP contribution in [0.15, 0.2) is 95.0 Å². The summed E-state index contributed by atoms with van der Waals surface area (Å²) in [4.78, 5) is 17.4. The Kier molecular flexibility index (Phi) is 7.64. The number of amides is 1. The molecule has 5 nitrogen and oxygen atoms in total. The van der Waals surface area contributed by atoms with Crippen molar-refractivity contribution in [3.63, 3.8) is 0 Å². The van der Waals surface area contributed by atoms with E-state index in [9.17, 15) is 13.6 Å². The Labute approximate surface area is 198 Å². The highest BCUT2D eigenvalue weighted by Gasteiger charge is 2.16. The third-order valence-corrected chi connectivity index (χ3v) is 6.10. The second-order valence-electron chi connectivity index (χ2n) is 6.74. The molecule has 1 aromatic heterocycles. The van der Waals surface area contributed by atoms with E-state index in [0.29, 0.717) is 38.9 Å². The van der Waals surface area contributed by atoms with Crippen LogP contribution >= 0.6 is 23.5 Å². The Morgan fingerprint density at radius 1 is 0.818 bits per heavy atom. The first-order chi connectivity index (χ1) is 16.1. The van der Waals surface area contributed by atoms with Gasteiger partial charge >= 0.3 is 0 Å².